The quantitative estimate of drug-likeness (QED) is 0.279. The highest BCUT2D eigenvalue weighted by Gasteiger charge is 2.44. The summed E-state index contributed by atoms with van der Waals surface area (Å²) in [5, 5.41) is 15.8. The van der Waals surface area contributed by atoms with Crippen LogP contribution in [0, 0.1) is 5.92 Å². The van der Waals surface area contributed by atoms with Gasteiger partial charge >= 0.3 is 0 Å². The van der Waals surface area contributed by atoms with Gasteiger partial charge in [0.05, 0.1) is 22.0 Å². The molecule has 1 saturated carbocycles. The van der Waals surface area contributed by atoms with Crippen molar-refractivity contribution < 1.29 is 31.4 Å². The highest BCUT2D eigenvalue weighted by molar-refractivity contribution is 7.89. The largest absolute Gasteiger partial charge is 0.491 e. The van der Waals surface area contributed by atoms with Crippen molar-refractivity contribution in [3.05, 3.63) is 66.7 Å². The van der Waals surface area contributed by atoms with Gasteiger partial charge in [-0.3, -0.25) is 0 Å². The molecule has 3 N–H and O–H groups in total. The van der Waals surface area contributed by atoms with Gasteiger partial charge in [0.2, 0.25) is 20.0 Å². The minimum absolute atomic E-state index is 0.00627. The molecule has 2 heterocycles. The van der Waals surface area contributed by atoms with Crippen molar-refractivity contribution in [2.75, 3.05) is 39.4 Å². The van der Waals surface area contributed by atoms with E-state index < -0.39 is 26.2 Å². The number of hydrogen-bond donors (Lipinski definition) is 3. The molecular weight excluding hydrogens is 590 g/mol. The Morgan fingerprint density at radius 1 is 0.953 bits per heavy atom. The fourth-order valence-electron chi connectivity index (χ4n) is 5.85. The summed E-state index contributed by atoms with van der Waals surface area (Å²) in [7, 11) is -7.20. The van der Waals surface area contributed by atoms with Gasteiger partial charge in [-0.25, -0.2) is 21.6 Å². The summed E-state index contributed by atoms with van der Waals surface area (Å²) in [5.41, 5.74) is -0.381. The molecule has 2 unspecified atom stereocenters. The van der Waals surface area contributed by atoms with E-state index in [0.29, 0.717) is 55.6 Å². The number of nitrogens with one attached hydrogen (secondary N) is 2. The molecule has 3 fully saturated rings. The van der Waals surface area contributed by atoms with Gasteiger partial charge in [-0.05, 0) is 73.1 Å². The first-order valence-corrected chi connectivity index (χ1v) is 17.8. The highest BCUT2D eigenvalue weighted by atomic mass is 32.2. The number of sulfonamides is 2. The minimum Gasteiger partial charge on any atom is -0.491 e. The SMILES string of the molecule is O=S(=O)(NCC1CC1)c1cccc(OCC(O)CNC2COC3(CCN(S(=O)(=O)c4ccc5ccccc5c4)CC3)C2)c1. The third-order valence-corrected chi connectivity index (χ3v) is 12.0. The number of benzene rings is 3. The Balaban J connectivity index is 0.953. The third kappa shape index (κ3) is 7.22. The first kappa shape index (κ1) is 30.4. The lowest BCUT2D eigenvalue weighted by Crippen LogP contribution is -2.47. The summed E-state index contributed by atoms with van der Waals surface area (Å²) in [4.78, 5) is 0.451. The number of hydrogen-bond acceptors (Lipinski definition) is 8. The zero-order chi connectivity index (χ0) is 30.1. The van der Waals surface area contributed by atoms with Gasteiger partial charge in [-0.15, -0.1) is 0 Å². The molecule has 232 valence electrons. The van der Waals surface area contributed by atoms with E-state index in [0.717, 1.165) is 30.0 Å². The maximum Gasteiger partial charge on any atom is 0.243 e. The number of rotatable bonds is 12. The number of aliphatic hydroxyl groups is 1. The van der Waals surface area contributed by atoms with E-state index in [1.165, 1.54) is 12.1 Å². The fourth-order valence-corrected chi connectivity index (χ4v) is 8.48. The van der Waals surface area contributed by atoms with Crippen molar-refractivity contribution in [3.8, 4) is 5.75 Å². The van der Waals surface area contributed by atoms with Crippen LogP contribution in [-0.2, 0) is 24.8 Å². The number of piperidine rings is 1. The smallest absolute Gasteiger partial charge is 0.243 e. The van der Waals surface area contributed by atoms with Gasteiger partial charge in [0.25, 0.3) is 0 Å². The third-order valence-electron chi connectivity index (χ3n) is 8.66. The van der Waals surface area contributed by atoms with E-state index in [9.17, 15) is 21.9 Å². The summed E-state index contributed by atoms with van der Waals surface area (Å²) >= 11 is 0. The summed E-state index contributed by atoms with van der Waals surface area (Å²) in [5.74, 6) is 0.809. The summed E-state index contributed by atoms with van der Waals surface area (Å²) in [6, 6.07) is 19.3. The van der Waals surface area contributed by atoms with Gasteiger partial charge in [0, 0.05) is 38.3 Å². The molecule has 2 saturated heterocycles. The predicted molar refractivity (Wildman–Crippen MR) is 163 cm³/mol. The molecule has 2 aliphatic heterocycles. The van der Waals surface area contributed by atoms with Crippen molar-refractivity contribution in [3.63, 3.8) is 0 Å². The van der Waals surface area contributed by atoms with E-state index in [4.69, 9.17) is 9.47 Å². The molecule has 6 rings (SSSR count). The number of nitrogens with zero attached hydrogens (tertiary/aromatic N) is 1. The fraction of sp³-hybridized carbons (Fsp3) is 0.484. The monoisotopic (exact) mass is 629 g/mol. The Kier molecular flexibility index (Phi) is 8.80. The number of fused-ring (bicyclic) bond motifs is 1. The van der Waals surface area contributed by atoms with Crippen LogP contribution in [0.2, 0.25) is 0 Å². The van der Waals surface area contributed by atoms with Crippen LogP contribution < -0.4 is 14.8 Å². The summed E-state index contributed by atoms with van der Waals surface area (Å²) in [6.45, 7) is 2.01. The molecule has 1 aliphatic carbocycles. The normalized spacial score (nSPS) is 21.7. The topological polar surface area (TPSA) is 134 Å². The molecule has 10 nitrogen and oxygen atoms in total. The molecule has 0 amide bonds. The van der Waals surface area contributed by atoms with Crippen LogP contribution in [0.15, 0.2) is 76.5 Å². The molecule has 3 aromatic carbocycles. The Bertz CT molecular complexity index is 1650. The average Bonchev–Trinajstić information content (AvgIpc) is 3.78. The second-order valence-corrected chi connectivity index (χ2v) is 15.7. The second-order valence-electron chi connectivity index (χ2n) is 12.0. The van der Waals surface area contributed by atoms with Crippen molar-refractivity contribution >= 4 is 30.8 Å². The van der Waals surface area contributed by atoms with E-state index in [1.807, 2.05) is 30.3 Å². The van der Waals surface area contributed by atoms with Crippen LogP contribution in [0.4, 0.5) is 0 Å². The standard InChI is InChI=1S/C31H39N3O7S2/c35-27(22-40-28-6-3-7-29(17-28)42(36,37)33-19-23-8-9-23)20-32-26-18-31(41-21-26)12-14-34(15-13-31)43(38,39)30-11-10-24-4-1-2-5-25(24)16-30/h1-7,10-11,16-17,23,26-27,32-33,35H,8-9,12-15,18-22H2. The molecular formula is C31H39N3O7S2. The second kappa shape index (κ2) is 12.4. The van der Waals surface area contributed by atoms with Gasteiger partial charge in [-0.2, -0.15) is 4.31 Å². The van der Waals surface area contributed by atoms with Gasteiger partial charge in [0.15, 0.2) is 0 Å². The van der Waals surface area contributed by atoms with Gasteiger partial charge < -0.3 is 19.9 Å². The van der Waals surface area contributed by atoms with Gasteiger partial charge in [0.1, 0.15) is 18.5 Å². The molecule has 0 bridgehead atoms. The van der Waals surface area contributed by atoms with E-state index in [-0.39, 0.29) is 29.7 Å². The van der Waals surface area contributed by atoms with Crippen molar-refractivity contribution in [2.45, 2.75) is 59.6 Å². The number of aliphatic hydroxyl groups excluding tert-OH is 1. The van der Waals surface area contributed by atoms with Crippen LogP contribution in [-0.4, -0.2) is 83.4 Å². The van der Waals surface area contributed by atoms with E-state index in [1.54, 1.807) is 28.6 Å². The van der Waals surface area contributed by atoms with Gasteiger partial charge in [-0.1, -0.05) is 36.4 Å². The zero-order valence-corrected chi connectivity index (χ0v) is 25.7. The summed E-state index contributed by atoms with van der Waals surface area (Å²) < 4.78 is 67.9. The Hall–Kier alpha value is -2.58. The lowest BCUT2D eigenvalue weighted by atomic mass is 9.88. The van der Waals surface area contributed by atoms with E-state index >= 15 is 0 Å². The average molecular weight is 630 g/mol. The zero-order valence-electron chi connectivity index (χ0n) is 24.0. The maximum absolute atomic E-state index is 13.4. The molecule has 43 heavy (non-hydrogen) atoms. The molecule has 3 aromatic rings. The van der Waals surface area contributed by atoms with Crippen LogP contribution in [0.1, 0.15) is 32.1 Å². The Morgan fingerprint density at radius 3 is 2.49 bits per heavy atom. The molecule has 12 heteroatoms. The minimum atomic E-state index is -3.60. The maximum atomic E-state index is 13.4. The van der Waals surface area contributed by atoms with Crippen LogP contribution in [0.5, 0.6) is 5.75 Å². The molecule has 1 spiro atoms. The van der Waals surface area contributed by atoms with Crippen molar-refractivity contribution in [1.82, 2.24) is 14.3 Å². The van der Waals surface area contributed by atoms with Crippen LogP contribution in [0.3, 0.4) is 0 Å². The Morgan fingerprint density at radius 2 is 1.72 bits per heavy atom. The predicted octanol–water partition coefficient (Wildman–Crippen LogP) is 2.87. The molecule has 2 atom stereocenters. The molecule has 3 aliphatic rings. The highest BCUT2D eigenvalue weighted by Crippen LogP contribution is 2.37. The lowest BCUT2D eigenvalue weighted by Gasteiger charge is -2.38. The van der Waals surface area contributed by atoms with Crippen LogP contribution >= 0.6 is 0 Å². The Labute approximate surface area is 253 Å². The van der Waals surface area contributed by atoms with Crippen LogP contribution in [0.25, 0.3) is 10.8 Å². The van der Waals surface area contributed by atoms with Crippen molar-refractivity contribution in [1.29, 1.82) is 0 Å². The first-order valence-electron chi connectivity index (χ1n) is 14.9. The summed E-state index contributed by atoms with van der Waals surface area (Å²) in [6.07, 6.45) is 3.26. The lowest BCUT2D eigenvalue weighted by molar-refractivity contribution is -0.0312. The number of ether oxygens (including phenoxy) is 2. The van der Waals surface area contributed by atoms with E-state index in [2.05, 4.69) is 10.0 Å². The van der Waals surface area contributed by atoms with Crippen molar-refractivity contribution in [2.24, 2.45) is 5.92 Å². The molecule has 0 radical (unpaired) electrons. The first-order chi connectivity index (χ1) is 20.6. The molecule has 0 aromatic heterocycles.